The van der Waals surface area contributed by atoms with E-state index in [1.54, 1.807) is 48.5 Å². The SMILES string of the molecule is C=CCNC(=O)c1ccc(NS(=O)(=O)c2ccccc2)cc1. The van der Waals surface area contributed by atoms with Crippen molar-refractivity contribution in [3.05, 3.63) is 72.8 Å². The first-order valence-electron chi connectivity index (χ1n) is 6.60. The summed E-state index contributed by atoms with van der Waals surface area (Å²) in [6.07, 6.45) is 1.58. The first-order chi connectivity index (χ1) is 10.5. The van der Waals surface area contributed by atoms with Crippen molar-refractivity contribution in [1.29, 1.82) is 0 Å². The summed E-state index contributed by atoms with van der Waals surface area (Å²) in [6.45, 7) is 3.89. The van der Waals surface area contributed by atoms with E-state index in [0.717, 1.165) is 0 Å². The smallest absolute Gasteiger partial charge is 0.261 e. The molecule has 1 amide bonds. The van der Waals surface area contributed by atoms with E-state index in [-0.39, 0.29) is 10.8 Å². The molecule has 2 aromatic rings. The zero-order valence-electron chi connectivity index (χ0n) is 11.8. The molecule has 2 N–H and O–H groups in total. The zero-order valence-corrected chi connectivity index (χ0v) is 12.6. The molecule has 0 aliphatic carbocycles. The Morgan fingerprint density at radius 1 is 1.05 bits per heavy atom. The van der Waals surface area contributed by atoms with Gasteiger partial charge >= 0.3 is 0 Å². The van der Waals surface area contributed by atoms with Crippen molar-refractivity contribution in [2.24, 2.45) is 0 Å². The third kappa shape index (κ3) is 3.95. The second-order valence-corrected chi connectivity index (χ2v) is 6.18. The molecule has 0 aromatic heterocycles. The summed E-state index contributed by atoms with van der Waals surface area (Å²) in [4.78, 5) is 11.9. The number of sulfonamides is 1. The van der Waals surface area contributed by atoms with Crippen LogP contribution in [0.1, 0.15) is 10.4 Å². The van der Waals surface area contributed by atoms with E-state index in [0.29, 0.717) is 17.8 Å². The Bertz CT molecular complexity index is 754. The van der Waals surface area contributed by atoms with E-state index >= 15 is 0 Å². The molecule has 0 heterocycles. The Morgan fingerprint density at radius 3 is 2.27 bits per heavy atom. The van der Waals surface area contributed by atoms with E-state index in [1.165, 1.54) is 12.1 Å². The van der Waals surface area contributed by atoms with Crippen LogP contribution < -0.4 is 10.0 Å². The lowest BCUT2D eigenvalue weighted by atomic mass is 10.2. The van der Waals surface area contributed by atoms with Gasteiger partial charge in [0.15, 0.2) is 0 Å². The van der Waals surface area contributed by atoms with Crippen molar-refractivity contribution >= 4 is 21.6 Å². The van der Waals surface area contributed by atoms with Gasteiger partial charge in [-0.3, -0.25) is 9.52 Å². The van der Waals surface area contributed by atoms with Crippen molar-refractivity contribution in [2.75, 3.05) is 11.3 Å². The average molecular weight is 316 g/mol. The number of hydrogen-bond donors (Lipinski definition) is 2. The molecule has 0 aliphatic rings. The molecule has 2 rings (SSSR count). The highest BCUT2D eigenvalue weighted by Crippen LogP contribution is 2.16. The molecular weight excluding hydrogens is 300 g/mol. The number of anilines is 1. The van der Waals surface area contributed by atoms with Crippen molar-refractivity contribution in [3.63, 3.8) is 0 Å². The normalized spacial score (nSPS) is 10.7. The maximum atomic E-state index is 12.2. The van der Waals surface area contributed by atoms with Gasteiger partial charge in [0.2, 0.25) is 0 Å². The van der Waals surface area contributed by atoms with Crippen LogP contribution in [-0.4, -0.2) is 20.9 Å². The van der Waals surface area contributed by atoms with E-state index in [1.807, 2.05) is 0 Å². The molecule has 22 heavy (non-hydrogen) atoms. The van der Waals surface area contributed by atoms with Crippen LogP contribution in [-0.2, 0) is 10.0 Å². The van der Waals surface area contributed by atoms with Gasteiger partial charge in [0, 0.05) is 17.8 Å². The van der Waals surface area contributed by atoms with Gasteiger partial charge in [-0.05, 0) is 36.4 Å². The lowest BCUT2D eigenvalue weighted by Gasteiger charge is -2.09. The highest BCUT2D eigenvalue weighted by atomic mass is 32.2. The summed E-state index contributed by atoms with van der Waals surface area (Å²) in [7, 11) is -3.62. The van der Waals surface area contributed by atoms with E-state index in [2.05, 4.69) is 16.6 Å². The molecule has 114 valence electrons. The standard InChI is InChI=1S/C16H16N2O3S/c1-2-12-17-16(19)13-8-10-14(11-9-13)18-22(20,21)15-6-4-3-5-7-15/h2-11,18H,1,12H2,(H,17,19). The maximum Gasteiger partial charge on any atom is 0.261 e. The predicted molar refractivity (Wildman–Crippen MR) is 86.2 cm³/mol. The molecule has 0 fully saturated rings. The van der Waals surface area contributed by atoms with Gasteiger partial charge in [-0.1, -0.05) is 24.3 Å². The lowest BCUT2D eigenvalue weighted by molar-refractivity contribution is 0.0958. The number of hydrogen-bond acceptors (Lipinski definition) is 3. The first kappa shape index (κ1) is 15.8. The second-order valence-electron chi connectivity index (χ2n) is 4.49. The quantitative estimate of drug-likeness (QED) is 0.804. The second kappa shape index (κ2) is 6.91. The van der Waals surface area contributed by atoms with Crippen molar-refractivity contribution in [2.45, 2.75) is 4.90 Å². The van der Waals surface area contributed by atoms with Crippen LogP contribution in [0.15, 0.2) is 72.1 Å². The van der Waals surface area contributed by atoms with Gasteiger partial charge in [0.1, 0.15) is 0 Å². The fraction of sp³-hybridized carbons (Fsp3) is 0.0625. The molecule has 6 heteroatoms. The van der Waals surface area contributed by atoms with Crippen LogP contribution in [0.3, 0.4) is 0 Å². The molecule has 2 aromatic carbocycles. The monoisotopic (exact) mass is 316 g/mol. The Morgan fingerprint density at radius 2 is 1.68 bits per heavy atom. The minimum atomic E-state index is -3.62. The number of rotatable bonds is 6. The summed E-state index contributed by atoms with van der Waals surface area (Å²) in [5, 5.41) is 2.65. The molecule has 0 bridgehead atoms. The van der Waals surface area contributed by atoms with Crippen LogP contribution >= 0.6 is 0 Å². The Kier molecular flexibility index (Phi) is 4.95. The number of carbonyl (C=O) groups excluding carboxylic acids is 1. The molecule has 0 saturated heterocycles. The Balaban J connectivity index is 2.11. The number of amides is 1. The largest absolute Gasteiger partial charge is 0.349 e. The third-order valence-corrected chi connectivity index (χ3v) is 4.26. The van der Waals surface area contributed by atoms with E-state index < -0.39 is 10.0 Å². The fourth-order valence-electron chi connectivity index (χ4n) is 1.77. The van der Waals surface area contributed by atoms with Gasteiger partial charge in [0.25, 0.3) is 15.9 Å². The minimum Gasteiger partial charge on any atom is -0.349 e. The maximum absolute atomic E-state index is 12.2. The van der Waals surface area contributed by atoms with Gasteiger partial charge < -0.3 is 5.32 Å². The molecule has 0 atom stereocenters. The summed E-state index contributed by atoms with van der Waals surface area (Å²) < 4.78 is 26.8. The Hall–Kier alpha value is -2.60. The number of carbonyl (C=O) groups is 1. The van der Waals surface area contributed by atoms with E-state index in [9.17, 15) is 13.2 Å². The minimum absolute atomic E-state index is 0.183. The molecule has 0 radical (unpaired) electrons. The molecule has 5 nitrogen and oxygen atoms in total. The van der Waals surface area contributed by atoms with Crippen molar-refractivity contribution < 1.29 is 13.2 Å². The Labute approximate surface area is 129 Å². The topological polar surface area (TPSA) is 75.3 Å². The highest BCUT2D eigenvalue weighted by molar-refractivity contribution is 7.92. The van der Waals surface area contributed by atoms with Crippen molar-refractivity contribution in [1.82, 2.24) is 5.32 Å². The molecule has 0 aliphatic heterocycles. The molecule has 0 saturated carbocycles. The van der Waals surface area contributed by atoms with E-state index in [4.69, 9.17) is 0 Å². The molecule has 0 spiro atoms. The van der Waals surface area contributed by atoms with Crippen molar-refractivity contribution in [3.8, 4) is 0 Å². The summed E-state index contributed by atoms with van der Waals surface area (Å²) >= 11 is 0. The lowest BCUT2D eigenvalue weighted by Crippen LogP contribution is -2.23. The van der Waals surface area contributed by atoms with Gasteiger partial charge in [-0.15, -0.1) is 6.58 Å². The van der Waals surface area contributed by atoms with Gasteiger partial charge in [-0.25, -0.2) is 8.42 Å². The van der Waals surface area contributed by atoms with Crippen LogP contribution in [0.25, 0.3) is 0 Å². The fourth-order valence-corrected chi connectivity index (χ4v) is 2.85. The highest BCUT2D eigenvalue weighted by Gasteiger charge is 2.13. The van der Waals surface area contributed by atoms with Crippen LogP contribution in [0.5, 0.6) is 0 Å². The third-order valence-electron chi connectivity index (χ3n) is 2.86. The molecular formula is C16H16N2O3S. The first-order valence-corrected chi connectivity index (χ1v) is 8.08. The number of benzene rings is 2. The number of nitrogens with one attached hydrogen (secondary N) is 2. The average Bonchev–Trinajstić information content (AvgIpc) is 2.54. The van der Waals surface area contributed by atoms with Crippen LogP contribution in [0.2, 0.25) is 0 Å². The van der Waals surface area contributed by atoms with Crippen LogP contribution in [0.4, 0.5) is 5.69 Å². The predicted octanol–water partition coefficient (Wildman–Crippen LogP) is 2.40. The summed E-state index contributed by atoms with van der Waals surface area (Å²) in [6, 6.07) is 14.3. The molecule has 0 unspecified atom stereocenters. The summed E-state index contributed by atoms with van der Waals surface area (Å²) in [5.41, 5.74) is 0.841. The van der Waals surface area contributed by atoms with Crippen LogP contribution in [0, 0.1) is 0 Å². The zero-order chi connectivity index (χ0) is 16.0. The summed E-state index contributed by atoms with van der Waals surface area (Å²) in [5.74, 6) is -0.239. The van der Waals surface area contributed by atoms with Gasteiger partial charge in [-0.2, -0.15) is 0 Å². The van der Waals surface area contributed by atoms with Gasteiger partial charge in [0.05, 0.1) is 4.90 Å².